The van der Waals surface area contributed by atoms with Crippen LogP contribution in [0.25, 0.3) is 11.3 Å². The average molecular weight is 196 g/mol. The van der Waals surface area contributed by atoms with Crippen molar-refractivity contribution in [2.75, 3.05) is 5.73 Å². The fraction of sp³-hybridized carbons (Fsp3) is 0. The number of nitrogens with two attached hydrogens (primary N) is 1. The topological polar surface area (TPSA) is 52.0 Å². The summed E-state index contributed by atoms with van der Waals surface area (Å²) in [7, 11) is 0. The number of hydrogen-bond acceptors (Lipinski definition) is 3. The SMILES string of the molecule is Nc1cc(F)c(-c2cnco2)cc1F. The van der Waals surface area contributed by atoms with Crippen molar-refractivity contribution in [1.29, 1.82) is 0 Å². The summed E-state index contributed by atoms with van der Waals surface area (Å²) in [6.07, 6.45) is 2.44. The van der Waals surface area contributed by atoms with Crippen molar-refractivity contribution >= 4 is 5.69 Å². The molecule has 0 atom stereocenters. The molecule has 1 aromatic heterocycles. The predicted octanol–water partition coefficient (Wildman–Crippen LogP) is 2.20. The molecule has 2 aromatic rings. The van der Waals surface area contributed by atoms with E-state index in [4.69, 9.17) is 10.2 Å². The van der Waals surface area contributed by atoms with Crippen LogP contribution in [0.3, 0.4) is 0 Å². The molecule has 0 saturated carbocycles. The molecule has 5 heteroatoms. The number of nitrogens with zero attached hydrogens (tertiary/aromatic N) is 1. The molecule has 0 bridgehead atoms. The molecule has 0 radical (unpaired) electrons. The summed E-state index contributed by atoms with van der Waals surface area (Å²) in [6, 6.07) is 1.89. The van der Waals surface area contributed by atoms with Crippen LogP contribution >= 0.6 is 0 Å². The molecule has 72 valence electrons. The minimum absolute atomic E-state index is 0.00852. The van der Waals surface area contributed by atoms with Gasteiger partial charge in [-0.05, 0) is 6.07 Å². The predicted molar refractivity (Wildman–Crippen MR) is 46.3 cm³/mol. The van der Waals surface area contributed by atoms with Crippen molar-refractivity contribution in [1.82, 2.24) is 4.98 Å². The number of halogens is 2. The van der Waals surface area contributed by atoms with E-state index < -0.39 is 11.6 Å². The Balaban J connectivity index is 2.60. The highest BCUT2D eigenvalue weighted by Gasteiger charge is 2.11. The highest BCUT2D eigenvalue weighted by Crippen LogP contribution is 2.25. The van der Waals surface area contributed by atoms with Gasteiger partial charge in [-0.3, -0.25) is 0 Å². The van der Waals surface area contributed by atoms with Gasteiger partial charge < -0.3 is 10.2 Å². The molecule has 0 saturated heterocycles. The van der Waals surface area contributed by atoms with E-state index in [1.165, 1.54) is 6.20 Å². The monoisotopic (exact) mass is 196 g/mol. The van der Waals surface area contributed by atoms with Crippen molar-refractivity contribution in [2.45, 2.75) is 0 Å². The summed E-state index contributed by atoms with van der Waals surface area (Å²) in [5, 5.41) is 0. The molecule has 3 nitrogen and oxygen atoms in total. The Bertz CT molecular complexity index is 454. The standard InChI is InChI=1S/C9H6F2N2O/c10-6-2-8(12)7(11)1-5(6)9-3-13-4-14-9/h1-4H,12H2. The van der Waals surface area contributed by atoms with Crippen LogP contribution in [0.4, 0.5) is 14.5 Å². The van der Waals surface area contributed by atoms with Gasteiger partial charge in [-0.15, -0.1) is 0 Å². The smallest absolute Gasteiger partial charge is 0.181 e. The molecule has 0 unspecified atom stereocenters. The van der Waals surface area contributed by atoms with E-state index in [2.05, 4.69) is 4.98 Å². The first-order valence-corrected chi connectivity index (χ1v) is 3.82. The molecule has 1 heterocycles. The molecular formula is C9H6F2N2O. The summed E-state index contributed by atoms with van der Waals surface area (Å²) < 4.78 is 31.1. The third kappa shape index (κ3) is 1.32. The highest BCUT2D eigenvalue weighted by molar-refractivity contribution is 5.61. The summed E-state index contributed by atoms with van der Waals surface area (Å²) in [5.41, 5.74) is 4.96. The minimum atomic E-state index is -0.683. The van der Waals surface area contributed by atoms with Gasteiger partial charge in [-0.2, -0.15) is 0 Å². The quantitative estimate of drug-likeness (QED) is 0.711. The van der Waals surface area contributed by atoms with Crippen LogP contribution in [0.15, 0.2) is 29.1 Å². The summed E-state index contributed by atoms with van der Waals surface area (Å²) >= 11 is 0. The van der Waals surface area contributed by atoms with Gasteiger partial charge >= 0.3 is 0 Å². The third-order valence-electron chi connectivity index (χ3n) is 1.78. The Hall–Kier alpha value is -1.91. The summed E-state index contributed by atoms with van der Waals surface area (Å²) in [4.78, 5) is 3.60. The Morgan fingerprint density at radius 2 is 2.00 bits per heavy atom. The maximum Gasteiger partial charge on any atom is 0.181 e. The van der Waals surface area contributed by atoms with E-state index in [1.807, 2.05) is 0 Å². The van der Waals surface area contributed by atoms with Gasteiger partial charge in [-0.25, -0.2) is 13.8 Å². The maximum atomic E-state index is 13.3. The molecular weight excluding hydrogens is 190 g/mol. The highest BCUT2D eigenvalue weighted by atomic mass is 19.1. The third-order valence-corrected chi connectivity index (χ3v) is 1.78. The fourth-order valence-electron chi connectivity index (χ4n) is 1.10. The average Bonchev–Trinajstić information content (AvgIpc) is 2.64. The van der Waals surface area contributed by atoms with Crippen LogP contribution in [-0.2, 0) is 0 Å². The molecule has 0 fully saturated rings. The molecule has 0 aliphatic rings. The fourth-order valence-corrected chi connectivity index (χ4v) is 1.10. The van der Waals surface area contributed by atoms with Crippen LogP contribution in [0.1, 0.15) is 0 Å². The number of nitrogen functional groups attached to an aromatic ring is 1. The first kappa shape index (κ1) is 8.68. The van der Waals surface area contributed by atoms with E-state index in [9.17, 15) is 8.78 Å². The lowest BCUT2D eigenvalue weighted by Gasteiger charge is -2.01. The molecule has 2 N–H and O–H groups in total. The van der Waals surface area contributed by atoms with Crippen LogP contribution in [0, 0.1) is 11.6 Å². The largest absolute Gasteiger partial charge is 0.443 e. The maximum absolute atomic E-state index is 13.3. The zero-order valence-electron chi connectivity index (χ0n) is 7.00. The van der Waals surface area contributed by atoms with Gasteiger partial charge in [0.1, 0.15) is 11.6 Å². The lowest BCUT2D eigenvalue weighted by molar-refractivity contribution is 0.557. The van der Waals surface area contributed by atoms with Crippen molar-refractivity contribution in [3.63, 3.8) is 0 Å². The van der Waals surface area contributed by atoms with Gasteiger partial charge in [0, 0.05) is 6.07 Å². The molecule has 0 aliphatic carbocycles. The number of benzene rings is 1. The van der Waals surface area contributed by atoms with Crippen LogP contribution in [0.2, 0.25) is 0 Å². The van der Waals surface area contributed by atoms with Crippen molar-refractivity contribution in [3.8, 4) is 11.3 Å². The zero-order chi connectivity index (χ0) is 10.1. The lowest BCUT2D eigenvalue weighted by atomic mass is 10.1. The second-order valence-electron chi connectivity index (χ2n) is 2.72. The van der Waals surface area contributed by atoms with E-state index >= 15 is 0 Å². The van der Waals surface area contributed by atoms with Crippen LogP contribution in [-0.4, -0.2) is 4.98 Å². The van der Waals surface area contributed by atoms with Gasteiger partial charge in [-0.1, -0.05) is 0 Å². The zero-order valence-corrected chi connectivity index (χ0v) is 7.00. The van der Waals surface area contributed by atoms with E-state index in [0.717, 1.165) is 18.5 Å². The molecule has 0 amide bonds. The Morgan fingerprint density at radius 1 is 1.21 bits per heavy atom. The summed E-state index contributed by atoms with van der Waals surface area (Å²) in [6.45, 7) is 0. The van der Waals surface area contributed by atoms with Gasteiger partial charge in [0.05, 0.1) is 17.4 Å². The number of anilines is 1. The number of oxazole rings is 1. The normalized spacial score (nSPS) is 10.4. The van der Waals surface area contributed by atoms with Gasteiger partial charge in [0.25, 0.3) is 0 Å². The van der Waals surface area contributed by atoms with Crippen LogP contribution in [0.5, 0.6) is 0 Å². The number of rotatable bonds is 1. The molecule has 1 aromatic carbocycles. The van der Waals surface area contributed by atoms with Gasteiger partial charge in [0.2, 0.25) is 0 Å². The molecule has 2 rings (SSSR count). The van der Waals surface area contributed by atoms with Crippen LogP contribution < -0.4 is 5.73 Å². The molecule has 14 heavy (non-hydrogen) atoms. The molecule has 0 aliphatic heterocycles. The Labute approximate surface area is 78.2 Å². The van der Waals surface area contributed by atoms with Crippen molar-refractivity contribution in [2.24, 2.45) is 0 Å². The first-order chi connectivity index (χ1) is 6.68. The van der Waals surface area contributed by atoms with Crippen molar-refractivity contribution in [3.05, 3.63) is 36.4 Å². The van der Waals surface area contributed by atoms with E-state index in [0.29, 0.717) is 0 Å². The second-order valence-corrected chi connectivity index (χ2v) is 2.72. The lowest BCUT2D eigenvalue weighted by Crippen LogP contribution is -1.93. The van der Waals surface area contributed by atoms with E-state index in [-0.39, 0.29) is 17.0 Å². The first-order valence-electron chi connectivity index (χ1n) is 3.82. The number of aromatic nitrogens is 1. The van der Waals surface area contributed by atoms with Gasteiger partial charge in [0.15, 0.2) is 12.2 Å². The number of hydrogen-bond donors (Lipinski definition) is 1. The molecule has 0 spiro atoms. The van der Waals surface area contributed by atoms with Crippen molar-refractivity contribution < 1.29 is 13.2 Å². The Morgan fingerprint density at radius 3 is 2.64 bits per heavy atom. The Kier molecular flexibility index (Phi) is 1.92. The second kappa shape index (κ2) is 3.10. The van der Waals surface area contributed by atoms with E-state index in [1.54, 1.807) is 0 Å². The summed E-state index contributed by atoms with van der Waals surface area (Å²) in [5.74, 6) is -1.15. The minimum Gasteiger partial charge on any atom is -0.443 e.